The molecule has 0 radical (unpaired) electrons. The smallest absolute Gasteiger partial charge is 0.191 e. The van der Waals surface area contributed by atoms with E-state index in [0.717, 1.165) is 33.8 Å². The lowest BCUT2D eigenvalue weighted by Gasteiger charge is -2.13. The molecule has 5 heteroatoms. The molecule has 0 aliphatic carbocycles. The van der Waals surface area contributed by atoms with Crippen molar-refractivity contribution < 1.29 is 4.74 Å². The van der Waals surface area contributed by atoms with E-state index >= 15 is 0 Å². The molecule has 0 amide bonds. The summed E-state index contributed by atoms with van der Waals surface area (Å²) in [6.07, 6.45) is 0. The van der Waals surface area contributed by atoms with Crippen molar-refractivity contribution in [3.8, 4) is 5.75 Å². The second-order valence-corrected chi connectivity index (χ2v) is 5.67. The highest BCUT2D eigenvalue weighted by Gasteiger charge is 2.04. The van der Waals surface area contributed by atoms with Crippen molar-refractivity contribution >= 4 is 28.7 Å². The molecule has 23 heavy (non-hydrogen) atoms. The van der Waals surface area contributed by atoms with Crippen LogP contribution in [0.15, 0.2) is 47.6 Å². The number of aryl methyl sites for hydroxylation is 2. The minimum Gasteiger partial charge on any atom is -0.497 e. The molecule has 120 valence electrons. The van der Waals surface area contributed by atoms with Crippen LogP contribution in [-0.2, 0) is 0 Å². The van der Waals surface area contributed by atoms with Crippen LogP contribution < -0.4 is 15.5 Å². The zero-order valence-electron chi connectivity index (χ0n) is 13.8. The number of thiocarbonyl (C=S) groups is 1. The van der Waals surface area contributed by atoms with Crippen LogP contribution in [0.4, 0.5) is 5.69 Å². The first-order chi connectivity index (χ1) is 11.0. The molecule has 0 heterocycles. The van der Waals surface area contributed by atoms with Crippen LogP contribution in [0.2, 0.25) is 0 Å². The zero-order chi connectivity index (χ0) is 16.8. The van der Waals surface area contributed by atoms with Crippen LogP contribution in [0.3, 0.4) is 0 Å². The molecule has 0 fully saturated rings. The Hall–Kier alpha value is -2.40. The number of hydrazone groups is 1. The van der Waals surface area contributed by atoms with Gasteiger partial charge in [0.1, 0.15) is 5.75 Å². The molecule has 0 aliphatic rings. The van der Waals surface area contributed by atoms with Crippen molar-refractivity contribution in [1.82, 2.24) is 5.43 Å². The highest BCUT2D eigenvalue weighted by Crippen LogP contribution is 2.19. The number of benzene rings is 2. The number of nitrogens with zero attached hydrogens (tertiary/aromatic N) is 1. The molecule has 0 unspecified atom stereocenters. The third kappa shape index (κ3) is 4.53. The van der Waals surface area contributed by atoms with Crippen molar-refractivity contribution in [2.45, 2.75) is 20.8 Å². The van der Waals surface area contributed by atoms with Gasteiger partial charge in [0.25, 0.3) is 0 Å². The second-order valence-electron chi connectivity index (χ2n) is 5.26. The summed E-state index contributed by atoms with van der Waals surface area (Å²) in [7, 11) is 1.65. The van der Waals surface area contributed by atoms with Gasteiger partial charge in [0.05, 0.1) is 12.8 Å². The Morgan fingerprint density at radius 1 is 1.09 bits per heavy atom. The fraction of sp³-hybridized carbons (Fsp3) is 0.222. The molecule has 2 aromatic rings. The van der Waals surface area contributed by atoms with E-state index in [-0.39, 0.29) is 0 Å². The lowest BCUT2D eigenvalue weighted by Crippen LogP contribution is -2.25. The SMILES string of the molecule is COc1cccc(/C(C)=N/NC(=S)Nc2c(C)cccc2C)c1. The Balaban J connectivity index is 2.05. The van der Waals surface area contributed by atoms with Crippen LogP contribution in [0, 0.1) is 13.8 Å². The van der Waals surface area contributed by atoms with Crippen molar-refractivity contribution in [3.63, 3.8) is 0 Å². The minimum atomic E-state index is 0.463. The van der Waals surface area contributed by atoms with Crippen molar-refractivity contribution in [2.75, 3.05) is 12.4 Å². The molecule has 2 N–H and O–H groups in total. The number of anilines is 1. The fourth-order valence-corrected chi connectivity index (χ4v) is 2.35. The normalized spacial score (nSPS) is 11.0. The van der Waals surface area contributed by atoms with Gasteiger partial charge >= 0.3 is 0 Å². The first-order valence-corrected chi connectivity index (χ1v) is 7.74. The summed E-state index contributed by atoms with van der Waals surface area (Å²) in [6.45, 7) is 6.01. The zero-order valence-corrected chi connectivity index (χ0v) is 14.6. The lowest BCUT2D eigenvalue weighted by molar-refractivity contribution is 0.414. The largest absolute Gasteiger partial charge is 0.497 e. The van der Waals surface area contributed by atoms with Gasteiger partial charge in [-0.15, -0.1) is 0 Å². The first kappa shape index (κ1) is 17.0. The highest BCUT2D eigenvalue weighted by molar-refractivity contribution is 7.80. The number of rotatable bonds is 4. The number of nitrogens with one attached hydrogen (secondary N) is 2. The lowest BCUT2D eigenvalue weighted by atomic mass is 10.1. The van der Waals surface area contributed by atoms with E-state index in [2.05, 4.69) is 15.8 Å². The van der Waals surface area contributed by atoms with E-state index in [1.54, 1.807) is 7.11 Å². The van der Waals surface area contributed by atoms with Gasteiger partial charge in [-0.25, -0.2) is 0 Å². The van der Waals surface area contributed by atoms with Gasteiger partial charge in [-0.05, 0) is 56.2 Å². The van der Waals surface area contributed by atoms with E-state index in [0.29, 0.717) is 5.11 Å². The molecular weight excluding hydrogens is 306 g/mol. The average Bonchev–Trinajstić information content (AvgIpc) is 2.56. The Bertz CT molecular complexity index is 721. The molecule has 2 rings (SSSR count). The Morgan fingerprint density at radius 2 is 1.74 bits per heavy atom. The Kier molecular flexibility index (Phi) is 5.71. The molecular formula is C18H21N3OS. The maximum absolute atomic E-state index is 5.32. The second kappa shape index (κ2) is 7.74. The van der Waals surface area contributed by atoms with Crippen LogP contribution >= 0.6 is 12.2 Å². The Morgan fingerprint density at radius 3 is 2.39 bits per heavy atom. The number of methoxy groups -OCH3 is 1. The van der Waals surface area contributed by atoms with E-state index in [4.69, 9.17) is 17.0 Å². The topological polar surface area (TPSA) is 45.6 Å². The summed E-state index contributed by atoms with van der Waals surface area (Å²) in [5.74, 6) is 0.799. The molecule has 0 atom stereocenters. The summed E-state index contributed by atoms with van der Waals surface area (Å²) in [5, 5.41) is 7.99. The Labute approximate surface area is 142 Å². The van der Waals surface area contributed by atoms with Gasteiger partial charge in [-0.2, -0.15) is 5.10 Å². The van der Waals surface area contributed by atoms with Crippen molar-refractivity contribution in [3.05, 3.63) is 59.2 Å². The van der Waals surface area contributed by atoms with Crippen LogP contribution in [0.25, 0.3) is 0 Å². The molecule has 0 bridgehead atoms. The van der Waals surface area contributed by atoms with Gasteiger partial charge in [-0.1, -0.05) is 30.3 Å². The number of ether oxygens (including phenoxy) is 1. The number of hydrogen-bond donors (Lipinski definition) is 2. The van der Waals surface area contributed by atoms with Gasteiger partial charge in [-0.3, -0.25) is 5.43 Å². The highest BCUT2D eigenvalue weighted by atomic mass is 32.1. The summed E-state index contributed by atoms with van der Waals surface area (Å²) >= 11 is 5.32. The van der Waals surface area contributed by atoms with Gasteiger partial charge in [0.15, 0.2) is 5.11 Å². The molecule has 0 aromatic heterocycles. The van der Waals surface area contributed by atoms with Crippen LogP contribution in [0.5, 0.6) is 5.75 Å². The monoisotopic (exact) mass is 327 g/mol. The predicted octanol–water partition coefficient (Wildman–Crippen LogP) is 4.02. The van der Waals surface area contributed by atoms with Crippen molar-refractivity contribution in [2.24, 2.45) is 5.10 Å². The maximum atomic E-state index is 5.32. The minimum absolute atomic E-state index is 0.463. The quantitative estimate of drug-likeness (QED) is 0.506. The van der Waals surface area contributed by atoms with Crippen molar-refractivity contribution in [1.29, 1.82) is 0 Å². The number of hydrogen-bond acceptors (Lipinski definition) is 3. The molecule has 0 spiro atoms. The molecule has 2 aromatic carbocycles. The van der Waals surface area contributed by atoms with E-state index in [1.807, 2.05) is 63.2 Å². The molecule has 0 saturated heterocycles. The third-order valence-corrected chi connectivity index (χ3v) is 3.73. The van der Waals surface area contributed by atoms with E-state index < -0.39 is 0 Å². The average molecular weight is 327 g/mol. The summed E-state index contributed by atoms with van der Waals surface area (Å²) in [4.78, 5) is 0. The molecule has 4 nitrogen and oxygen atoms in total. The third-order valence-electron chi connectivity index (χ3n) is 3.53. The van der Waals surface area contributed by atoms with Gasteiger partial charge in [0.2, 0.25) is 0 Å². The standard InChI is InChI=1S/C18H21N3OS/c1-12-7-5-8-13(2)17(12)19-18(23)21-20-14(3)15-9-6-10-16(11-15)22-4/h5-11H,1-4H3,(H2,19,21,23)/b20-14+. The maximum Gasteiger partial charge on any atom is 0.191 e. The van der Waals surface area contributed by atoms with Gasteiger partial charge < -0.3 is 10.1 Å². The fourth-order valence-electron chi connectivity index (χ4n) is 2.20. The molecule has 0 aliphatic heterocycles. The van der Waals surface area contributed by atoms with E-state index in [1.165, 1.54) is 0 Å². The van der Waals surface area contributed by atoms with E-state index in [9.17, 15) is 0 Å². The van der Waals surface area contributed by atoms with Crippen LogP contribution in [-0.4, -0.2) is 17.9 Å². The van der Waals surface area contributed by atoms with Crippen LogP contribution in [0.1, 0.15) is 23.6 Å². The summed E-state index contributed by atoms with van der Waals surface area (Å²) in [5.41, 5.74) is 7.99. The first-order valence-electron chi connectivity index (χ1n) is 7.33. The summed E-state index contributed by atoms with van der Waals surface area (Å²) in [6, 6.07) is 13.9. The molecule has 0 saturated carbocycles. The summed E-state index contributed by atoms with van der Waals surface area (Å²) < 4.78 is 5.22. The predicted molar refractivity (Wildman–Crippen MR) is 100 cm³/mol. The number of para-hydroxylation sites is 1. The van der Waals surface area contributed by atoms with Gasteiger partial charge in [0, 0.05) is 11.3 Å².